The van der Waals surface area contributed by atoms with Gasteiger partial charge in [0.1, 0.15) is 6.23 Å². The van der Waals surface area contributed by atoms with Crippen LogP contribution in [0.4, 0.5) is 4.79 Å². The number of nitrogens with zero attached hydrogens (tertiary/aromatic N) is 3. The van der Waals surface area contributed by atoms with Gasteiger partial charge in [0.05, 0.1) is 13.7 Å². The Morgan fingerprint density at radius 1 is 1.19 bits per heavy atom. The predicted octanol–water partition coefficient (Wildman–Crippen LogP) is 1.59. The molecule has 1 aliphatic rings. The van der Waals surface area contributed by atoms with Crippen LogP contribution < -0.4 is 5.32 Å². The Morgan fingerprint density at radius 2 is 1.70 bits per heavy atom. The summed E-state index contributed by atoms with van der Waals surface area (Å²) in [5.41, 5.74) is 0. The number of rotatable bonds is 7. The average Bonchev–Trinajstić information content (AvgIpc) is 2.60. The largest absolute Gasteiger partial charge is 0.453 e. The molecule has 2 N–H and O–H groups in total. The van der Waals surface area contributed by atoms with Crippen LogP contribution >= 0.6 is 0 Å². The van der Waals surface area contributed by atoms with Crippen LogP contribution in [0, 0.1) is 0 Å². The van der Waals surface area contributed by atoms with E-state index in [4.69, 9.17) is 0 Å². The van der Waals surface area contributed by atoms with Crippen LogP contribution in [-0.2, 0) is 9.53 Å². The maximum Gasteiger partial charge on any atom is 0.409 e. The molecule has 1 unspecified atom stereocenters. The lowest BCUT2D eigenvalue weighted by Crippen LogP contribution is -2.58. The summed E-state index contributed by atoms with van der Waals surface area (Å²) in [6.07, 6.45) is 3.76. The van der Waals surface area contributed by atoms with Gasteiger partial charge in [0.25, 0.3) is 0 Å². The van der Waals surface area contributed by atoms with Crippen molar-refractivity contribution in [1.29, 1.82) is 0 Å². The van der Waals surface area contributed by atoms with Gasteiger partial charge in [0.2, 0.25) is 5.91 Å². The molecule has 0 radical (unpaired) electrons. The molecule has 1 atom stereocenters. The highest BCUT2D eigenvalue weighted by Gasteiger charge is 2.29. The van der Waals surface area contributed by atoms with E-state index in [1.807, 2.05) is 28.1 Å². The molecular formula is C19H42N4O4. The van der Waals surface area contributed by atoms with Crippen LogP contribution in [0.5, 0.6) is 0 Å². The van der Waals surface area contributed by atoms with E-state index in [-0.39, 0.29) is 12.0 Å². The van der Waals surface area contributed by atoms with Gasteiger partial charge in [0.15, 0.2) is 0 Å². The van der Waals surface area contributed by atoms with E-state index in [1.54, 1.807) is 16.8 Å². The van der Waals surface area contributed by atoms with Gasteiger partial charge in [-0.1, -0.05) is 40.0 Å². The maximum absolute atomic E-state index is 11.3. The van der Waals surface area contributed by atoms with Gasteiger partial charge in [-0.2, -0.15) is 0 Å². The Hall–Kier alpha value is -1.38. The Bertz CT molecular complexity index is 386. The first kappa shape index (κ1) is 27.8. The Morgan fingerprint density at radius 3 is 2.00 bits per heavy atom. The van der Waals surface area contributed by atoms with Crippen LogP contribution in [0.1, 0.15) is 46.5 Å². The van der Waals surface area contributed by atoms with Gasteiger partial charge in [-0.05, 0) is 27.6 Å². The molecule has 2 amide bonds. The topological polar surface area (TPSA) is 85.4 Å². The summed E-state index contributed by atoms with van der Waals surface area (Å²) in [4.78, 5) is 26.8. The number of likely N-dealkylation sites (N-methyl/N-ethyl adjacent to an activating group) is 3. The molecular weight excluding hydrogens is 348 g/mol. The molecule has 8 heteroatoms. The fourth-order valence-electron chi connectivity index (χ4n) is 2.12. The average molecular weight is 391 g/mol. The number of likely N-dealkylation sites (tertiary alicyclic amines) is 1. The minimum absolute atomic E-state index is 0.0608. The first-order valence-electron chi connectivity index (χ1n) is 9.76. The summed E-state index contributed by atoms with van der Waals surface area (Å²) in [6.45, 7) is 8.14. The van der Waals surface area contributed by atoms with Gasteiger partial charge < -0.3 is 29.9 Å². The number of carbonyl (C=O) groups excluding carboxylic acids is 2. The second-order valence-electron chi connectivity index (χ2n) is 6.85. The normalized spacial score (nSPS) is 14.2. The van der Waals surface area contributed by atoms with Crippen LogP contribution in [-0.4, -0.2) is 99.0 Å². The van der Waals surface area contributed by atoms with Gasteiger partial charge in [0, 0.05) is 26.2 Å². The molecule has 1 heterocycles. The minimum atomic E-state index is -0.655. The van der Waals surface area contributed by atoms with Crippen molar-refractivity contribution in [3.63, 3.8) is 0 Å². The van der Waals surface area contributed by atoms with E-state index < -0.39 is 6.23 Å². The van der Waals surface area contributed by atoms with E-state index in [0.29, 0.717) is 19.0 Å². The molecule has 0 bridgehead atoms. The zero-order valence-corrected chi connectivity index (χ0v) is 18.6. The fourth-order valence-corrected chi connectivity index (χ4v) is 2.12. The van der Waals surface area contributed by atoms with E-state index in [1.165, 1.54) is 31.3 Å². The molecule has 1 aliphatic heterocycles. The van der Waals surface area contributed by atoms with Crippen LogP contribution in [0.25, 0.3) is 0 Å². The molecule has 162 valence electrons. The number of hydrogen-bond donors (Lipinski definition) is 2. The second-order valence-corrected chi connectivity index (χ2v) is 6.85. The number of unbranched alkanes of at least 4 members (excludes halogenated alkanes) is 2. The number of methoxy groups -OCH3 is 1. The smallest absolute Gasteiger partial charge is 0.409 e. The highest BCUT2D eigenvalue weighted by Crippen LogP contribution is 2.07. The van der Waals surface area contributed by atoms with Crippen molar-refractivity contribution < 1.29 is 19.4 Å². The van der Waals surface area contributed by atoms with E-state index in [9.17, 15) is 14.7 Å². The number of hydrogen-bond acceptors (Lipinski definition) is 6. The number of amides is 2. The lowest BCUT2D eigenvalue weighted by atomic mass is 10.1. The molecule has 1 fully saturated rings. The Labute approximate surface area is 165 Å². The molecule has 1 rings (SSSR count). The molecule has 1 saturated heterocycles. The van der Waals surface area contributed by atoms with Crippen LogP contribution in [0.2, 0.25) is 0 Å². The molecule has 27 heavy (non-hydrogen) atoms. The highest BCUT2D eigenvalue weighted by atomic mass is 16.5. The Kier molecular flexibility index (Phi) is 17.3. The lowest BCUT2D eigenvalue weighted by Gasteiger charge is -2.37. The second kappa shape index (κ2) is 16.8. The first-order valence-corrected chi connectivity index (χ1v) is 9.76. The summed E-state index contributed by atoms with van der Waals surface area (Å²) in [5.74, 6) is -0.0608. The third-order valence-corrected chi connectivity index (χ3v) is 4.09. The standard InChI is InChI=1S/C8H18N2O2.C6H12N2O2.C5H12/c1-5-7(11)10(4)8(12)6-9(2)3;1-7-5-3-8(4-5)6(9)10-2;1-3-5-4-2/h7,11H,5-6H2,1-4H3;5,7H,3-4H2,1-2H3;3-5H2,1-2H3. The predicted molar refractivity (Wildman–Crippen MR) is 110 cm³/mol. The zero-order valence-electron chi connectivity index (χ0n) is 18.6. The number of aliphatic hydroxyl groups is 1. The van der Waals surface area contributed by atoms with Crippen molar-refractivity contribution in [2.45, 2.75) is 58.7 Å². The summed E-state index contributed by atoms with van der Waals surface area (Å²) >= 11 is 0. The van der Waals surface area contributed by atoms with E-state index in [0.717, 1.165) is 13.1 Å². The maximum atomic E-state index is 11.3. The first-order chi connectivity index (χ1) is 12.7. The molecule has 0 aromatic rings. The van der Waals surface area contributed by atoms with Crippen molar-refractivity contribution in [3.8, 4) is 0 Å². The summed E-state index contributed by atoms with van der Waals surface area (Å²) < 4.78 is 4.51. The third-order valence-electron chi connectivity index (χ3n) is 4.09. The van der Waals surface area contributed by atoms with Gasteiger partial charge in [-0.3, -0.25) is 4.79 Å². The number of ether oxygens (including phenoxy) is 1. The van der Waals surface area contributed by atoms with Gasteiger partial charge >= 0.3 is 6.09 Å². The summed E-state index contributed by atoms with van der Waals surface area (Å²) in [5, 5.41) is 12.4. The van der Waals surface area contributed by atoms with Gasteiger partial charge in [-0.15, -0.1) is 0 Å². The Balaban J connectivity index is 0. The molecule has 0 aromatic heterocycles. The van der Waals surface area contributed by atoms with E-state index in [2.05, 4.69) is 23.9 Å². The quantitative estimate of drug-likeness (QED) is 0.642. The van der Waals surface area contributed by atoms with E-state index >= 15 is 0 Å². The fraction of sp³-hybridized carbons (Fsp3) is 0.895. The molecule has 8 nitrogen and oxygen atoms in total. The minimum Gasteiger partial charge on any atom is -0.453 e. The van der Waals surface area contributed by atoms with Crippen molar-refractivity contribution >= 4 is 12.0 Å². The monoisotopic (exact) mass is 390 g/mol. The molecule has 0 spiro atoms. The summed E-state index contributed by atoms with van der Waals surface area (Å²) in [7, 11) is 8.54. The molecule has 0 aliphatic carbocycles. The third kappa shape index (κ3) is 13.4. The van der Waals surface area contributed by atoms with Crippen LogP contribution in [0.15, 0.2) is 0 Å². The highest BCUT2D eigenvalue weighted by molar-refractivity contribution is 5.78. The number of aliphatic hydroxyl groups excluding tert-OH is 1. The zero-order chi connectivity index (χ0) is 21.4. The van der Waals surface area contributed by atoms with Crippen molar-refractivity contribution in [2.24, 2.45) is 0 Å². The van der Waals surface area contributed by atoms with Crippen molar-refractivity contribution in [2.75, 3.05) is 54.9 Å². The van der Waals surface area contributed by atoms with Crippen molar-refractivity contribution in [1.82, 2.24) is 20.0 Å². The molecule has 0 saturated carbocycles. The van der Waals surface area contributed by atoms with Crippen LogP contribution in [0.3, 0.4) is 0 Å². The number of carbonyl (C=O) groups is 2. The molecule has 0 aromatic carbocycles. The van der Waals surface area contributed by atoms with Gasteiger partial charge in [-0.25, -0.2) is 4.79 Å². The lowest BCUT2D eigenvalue weighted by molar-refractivity contribution is -0.139. The SMILES string of the molecule is CCC(O)N(C)C(=O)CN(C)C.CCCCC.CNC1CN(C(=O)OC)C1. The number of nitrogens with one attached hydrogen (secondary N) is 1. The summed E-state index contributed by atoms with van der Waals surface area (Å²) in [6, 6.07) is 0.457. The van der Waals surface area contributed by atoms with Crippen molar-refractivity contribution in [3.05, 3.63) is 0 Å².